The standard InChI is InChI=1S/C18H16N6OS/c1-10-5-7-11(8-6-10)16-21-23-24(22-16)9-14-19-17(25)15-12-3-2-4-13(12)26-18(15)20-14/h5-8H,2-4,9H2,1H3,(H,19,20,25). The third kappa shape index (κ3) is 2.53. The highest BCUT2D eigenvalue weighted by Gasteiger charge is 2.21. The van der Waals surface area contributed by atoms with Crippen LogP contribution in [0.4, 0.5) is 0 Å². The molecule has 0 saturated carbocycles. The molecule has 0 unspecified atom stereocenters. The van der Waals surface area contributed by atoms with Gasteiger partial charge in [0.2, 0.25) is 5.82 Å². The van der Waals surface area contributed by atoms with Crippen LogP contribution in [0, 0.1) is 6.92 Å². The van der Waals surface area contributed by atoms with E-state index in [9.17, 15) is 4.79 Å². The number of aromatic amines is 1. The van der Waals surface area contributed by atoms with Crippen molar-refractivity contribution in [3.63, 3.8) is 0 Å². The van der Waals surface area contributed by atoms with Crippen molar-refractivity contribution in [3.8, 4) is 11.4 Å². The molecule has 0 amide bonds. The van der Waals surface area contributed by atoms with Gasteiger partial charge in [-0.3, -0.25) is 4.79 Å². The average molecular weight is 364 g/mol. The number of hydrogen-bond donors (Lipinski definition) is 1. The van der Waals surface area contributed by atoms with E-state index >= 15 is 0 Å². The molecule has 0 aliphatic heterocycles. The van der Waals surface area contributed by atoms with Gasteiger partial charge in [-0.05, 0) is 37.0 Å². The Morgan fingerprint density at radius 1 is 1.23 bits per heavy atom. The minimum atomic E-state index is -0.0664. The van der Waals surface area contributed by atoms with Crippen molar-refractivity contribution in [3.05, 3.63) is 56.4 Å². The van der Waals surface area contributed by atoms with Gasteiger partial charge < -0.3 is 4.98 Å². The molecule has 26 heavy (non-hydrogen) atoms. The summed E-state index contributed by atoms with van der Waals surface area (Å²) in [7, 11) is 0. The lowest BCUT2D eigenvalue weighted by Crippen LogP contribution is -2.15. The van der Waals surface area contributed by atoms with Crippen molar-refractivity contribution in [1.82, 2.24) is 30.2 Å². The zero-order valence-electron chi connectivity index (χ0n) is 14.2. The second-order valence-corrected chi connectivity index (χ2v) is 7.64. The molecule has 0 fully saturated rings. The van der Waals surface area contributed by atoms with Crippen molar-refractivity contribution in [2.75, 3.05) is 0 Å². The molecule has 3 heterocycles. The maximum absolute atomic E-state index is 12.5. The van der Waals surface area contributed by atoms with E-state index in [0.717, 1.165) is 35.0 Å². The van der Waals surface area contributed by atoms with E-state index in [0.29, 0.717) is 11.6 Å². The van der Waals surface area contributed by atoms with Gasteiger partial charge in [-0.25, -0.2) is 4.98 Å². The third-order valence-corrected chi connectivity index (χ3v) is 5.86. The molecule has 3 aromatic heterocycles. The van der Waals surface area contributed by atoms with Crippen LogP contribution in [0.2, 0.25) is 0 Å². The topological polar surface area (TPSA) is 89.4 Å². The SMILES string of the molecule is Cc1ccc(-c2nnn(Cc3nc4sc5c(c4c(=O)[nH]3)CCC5)n2)cc1. The molecule has 0 saturated heterocycles. The monoisotopic (exact) mass is 364 g/mol. The summed E-state index contributed by atoms with van der Waals surface area (Å²) in [5, 5.41) is 13.4. The number of aryl methyl sites for hydroxylation is 3. The molecule has 1 aliphatic carbocycles. The van der Waals surface area contributed by atoms with E-state index in [1.807, 2.05) is 31.2 Å². The number of benzene rings is 1. The molecular formula is C18H16N6OS. The maximum Gasteiger partial charge on any atom is 0.259 e. The first-order valence-corrected chi connectivity index (χ1v) is 9.37. The van der Waals surface area contributed by atoms with Crippen molar-refractivity contribution < 1.29 is 0 Å². The van der Waals surface area contributed by atoms with Crippen LogP contribution >= 0.6 is 11.3 Å². The van der Waals surface area contributed by atoms with E-state index < -0.39 is 0 Å². The van der Waals surface area contributed by atoms with Crippen molar-refractivity contribution >= 4 is 21.6 Å². The van der Waals surface area contributed by atoms with E-state index in [2.05, 4.69) is 25.4 Å². The molecule has 1 N–H and O–H groups in total. The highest BCUT2D eigenvalue weighted by atomic mass is 32.1. The molecule has 1 aromatic carbocycles. The molecule has 1 aliphatic rings. The average Bonchev–Trinajstić information content (AvgIpc) is 3.31. The van der Waals surface area contributed by atoms with Gasteiger partial charge in [0.15, 0.2) is 0 Å². The predicted octanol–water partition coefficient (Wildman–Crippen LogP) is 2.48. The molecule has 7 nitrogen and oxygen atoms in total. The quantitative estimate of drug-likeness (QED) is 0.603. The fraction of sp³-hybridized carbons (Fsp3) is 0.278. The first-order valence-electron chi connectivity index (χ1n) is 8.56. The van der Waals surface area contributed by atoms with Crippen molar-refractivity contribution in [2.45, 2.75) is 32.7 Å². The Kier molecular flexibility index (Phi) is 3.46. The van der Waals surface area contributed by atoms with Gasteiger partial charge in [0.25, 0.3) is 5.56 Å². The Hall–Kier alpha value is -2.87. The number of nitrogens with one attached hydrogen (secondary N) is 1. The summed E-state index contributed by atoms with van der Waals surface area (Å²) >= 11 is 1.63. The maximum atomic E-state index is 12.5. The molecular weight excluding hydrogens is 348 g/mol. The molecule has 8 heteroatoms. The number of rotatable bonds is 3. The number of thiophene rings is 1. The normalized spacial score (nSPS) is 13.4. The zero-order chi connectivity index (χ0) is 17.7. The number of fused-ring (bicyclic) bond motifs is 3. The molecule has 5 rings (SSSR count). The fourth-order valence-corrected chi connectivity index (χ4v) is 4.67. The lowest BCUT2D eigenvalue weighted by molar-refractivity contribution is 0.555. The van der Waals surface area contributed by atoms with Crippen LogP contribution in [0.1, 0.15) is 28.2 Å². The summed E-state index contributed by atoms with van der Waals surface area (Å²) in [6.45, 7) is 2.32. The minimum absolute atomic E-state index is 0.0664. The Bertz CT molecular complexity index is 1170. The number of nitrogens with zero attached hydrogens (tertiary/aromatic N) is 5. The number of H-pyrrole nitrogens is 1. The van der Waals surface area contributed by atoms with Gasteiger partial charge >= 0.3 is 0 Å². The molecule has 0 bridgehead atoms. The molecule has 0 radical (unpaired) electrons. The largest absolute Gasteiger partial charge is 0.308 e. The third-order valence-electron chi connectivity index (χ3n) is 4.68. The Morgan fingerprint density at radius 2 is 2.08 bits per heavy atom. The van der Waals surface area contributed by atoms with Gasteiger partial charge in [0.1, 0.15) is 17.2 Å². The van der Waals surface area contributed by atoms with Gasteiger partial charge in [0, 0.05) is 10.4 Å². The smallest absolute Gasteiger partial charge is 0.259 e. The number of hydrogen-bond acceptors (Lipinski definition) is 6. The fourth-order valence-electron chi connectivity index (χ4n) is 3.38. The summed E-state index contributed by atoms with van der Waals surface area (Å²) in [4.78, 5) is 23.6. The van der Waals surface area contributed by atoms with Crippen LogP contribution in [0.25, 0.3) is 21.6 Å². The number of aromatic nitrogens is 6. The van der Waals surface area contributed by atoms with Gasteiger partial charge in [-0.15, -0.1) is 21.5 Å². The van der Waals surface area contributed by atoms with Crippen LogP contribution in [0.3, 0.4) is 0 Å². The van der Waals surface area contributed by atoms with Crippen molar-refractivity contribution in [2.24, 2.45) is 0 Å². The Labute approximate surface area is 152 Å². The summed E-state index contributed by atoms with van der Waals surface area (Å²) in [5.41, 5.74) is 3.21. The Morgan fingerprint density at radius 3 is 2.92 bits per heavy atom. The minimum Gasteiger partial charge on any atom is -0.308 e. The summed E-state index contributed by atoms with van der Waals surface area (Å²) in [6.07, 6.45) is 3.16. The van der Waals surface area contributed by atoms with Crippen LogP contribution < -0.4 is 5.56 Å². The van der Waals surface area contributed by atoms with Gasteiger partial charge in [-0.2, -0.15) is 4.80 Å². The van der Waals surface area contributed by atoms with Gasteiger partial charge in [0.05, 0.1) is 5.39 Å². The Balaban J connectivity index is 1.46. The molecule has 4 aromatic rings. The van der Waals surface area contributed by atoms with E-state index in [-0.39, 0.29) is 12.1 Å². The summed E-state index contributed by atoms with van der Waals surface area (Å²) in [5.74, 6) is 1.11. The van der Waals surface area contributed by atoms with Crippen LogP contribution in [0.5, 0.6) is 0 Å². The molecule has 130 valence electrons. The van der Waals surface area contributed by atoms with E-state index in [4.69, 9.17) is 0 Å². The van der Waals surface area contributed by atoms with Crippen LogP contribution in [0.15, 0.2) is 29.1 Å². The predicted molar refractivity (Wildman–Crippen MR) is 99.4 cm³/mol. The summed E-state index contributed by atoms with van der Waals surface area (Å²) in [6, 6.07) is 7.96. The molecule has 0 spiro atoms. The highest BCUT2D eigenvalue weighted by molar-refractivity contribution is 7.18. The summed E-state index contributed by atoms with van der Waals surface area (Å²) < 4.78 is 0. The van der Waals surface area contributed by atoms with E-state index in [1.54, 1.807) is 11.3 Å². The first-order chi connectivity index (χ1) is 12.7. The molecule has 0 atom stereocenters. The van der Waals surface area contributed by atoms with E-state index in [1.165, 1.54) is 20.8 Å². The highest BCUT2D eigenvalue weighted by Crippen LogP contribution is 2.34. The van der Waals surface area contributed by atoms with Gasteiger partial charge in [-0.1, -0.05) is 29.8 Å². The second kappa shape index (κ2) is 5.84. The van der Waals surface area contributed by atoms with Crippen LogP contribution in [-0.4, -0.2) is 30.2 Å². The van der Waals surface area contributed by atoms with Crippen LogP contribution in [-0.2, 0) is 19.4 Å². The first kappa shape index (κ1) is 15.4. The van der Waals surface area contributed by atoms with Crippen molar-refractivity contribution in [1.29, 1.82) is 0 Å². The lowest BCUT2D eigenvalue weighted by Gasteiger charge is -2.00. The second-order valence-electron chi connectivity index (χ2n) is 6.56. The number of tetrazole rings is 1. The zero-order valence-corrected chi connectivity index (χ0v) is 15.0. The lowest BCUT2D eigenvalue weighted by atomic mass is 10.1.